The van der Waals surface area contributed by atoms with Crippen molar-refractivity contribution in [1.82, 2.24) is 10.2 Å². The molecule has 0 aromatic carbocycles. The number of hydrogen-bond donors (Lipinski definition) is 1. The van der Waals surface area contributed by atoms with E-state index in [0.717, 1.165) is 32.6 Å². The summed E-state index contributed by atoms with van der Waals surface area (Å²) >= 11 is 0. The Bertz CT molecular complexity index is 261. The van der Waals surface area contributed by atoms with Gasteiger partial charge in [0.1, 0.15) is 5.54 Å². The molecule has 18 heavy (non-hydrogen) atoms. The normalized spacial score (nSPS) is 18.6. The summed E-state index contributed by atoms with van der Waals surface area (Å²) in [6, 6.07) is 2.61. The van der Waals surface area contributed by atoms with Gasteiger partial charge >= 0.3 is 0 Å². The molecule has 1 aliphatic carbocycles. The molecule has 0 amide bonds. The molecule has 1 aliphatic rings. The van der Waals surface area contributed by atoms with Crippen LogP contribution in [0.5, 0.6) is 0 Å². The first-order valence-corrected chi connectivity index (χ1v) is 7.61. The van der Waals surface area contributed by atoms with E-state index >= 15 is 0 Å². The molecule has 104 valence electrons. The van der Waals surface area contributed by atoms with Crippen molar-refractivity contribution in [2.24, 2.45) is 5.92 Å². The van der Waals surface area contributed by atoms with Crippen LogP contribution in [-0.4, -0.2) is 36.6 Å². The average Bonchev–Trinajstić information content (AvgIpc) is 3.19. The Kier molecular flexibility index (Phi) is 6.67. The molecule has 1 fully saturated rings. The van der Waals surface area contributed by atoms with Crippen LogP contribution in [-0.2, 0) is 0 Å². The minimum atomic E-state index is -0.291. The fourth-order valence-corrected chi connectivity index (χ4v) is 2.67. The smallest absolute Gasteiger partial charge is 0.122 e. The van der Waals surface area contributed by atoms with E-state index in [1.165, 1.54) is 25.7 Å². The molecular formula is C15H29N3. The molecule has 0 heterocycles. The van der Waals surface area contributed by atoms with Gasteiger partial charge < -0.3 is 4.90 Å². The molecule has 1 saturated carbocycles. The first-order valence-electron chi connectivity index (χ1n) is 7.61. The van der Waals surface area contributed by atoms with Gasteiger partial charge in [-0.05, 0) is 57.7 Å². The summed E-state index contributed by atoms with van der Waals surface area (Å²) in [4.78, 5) is 2.46. The highest BCUT2D eigenvalue weighted by molar-refractivity contribution is 5.16. The quantitative estimate of drug-likeness (QED) is 0.649. The highest BCUT2D eigenvalue weighted by Gasteiger charge is 2.46. The van der Waals surface area contributed by atoms with E-state index in [9.17, 15) is 5.26 Å². The maximum Gasteiger partial charge on any atom is 0.122 e. The SMILES string of the molecule is CCCNC(C#N)(CN(CCC)CCC)C1CC1. The molecule has 3 nitrogen and oxygen atoms in total. The zero-order valence-corrected chi connectivity index (χ0v) is 12.3. The van der Waals surface area contributed by atoms with Crippen LogP contribution in [0.1, 0.15) is 52.9 Å². The Morgan fingerprint density at radius 3 is 2.17 bits per heavy atom. The van der Waals surface area contributed by atoms with Gasteiger partial charge in [0, 0.05) is 6.54 Å². The van der Waals surface area contributed by atoms with Crippen molar-refractivity contribution < 1.29 is 0 Å². The predicted octanol–water partition coefficient (Wildman–Crippen LogP) is 2.78. The molecule has 0 aliphatic heterocycles. The van der Waals surface area contributed by atoms with E-state index in [1.54, 1.807) is 0 Å². The van der Waals surface area contributed by atoms with Crippen molar-refractivity contribution in [1.29, 1.82) is 5.26 Å². The molecule has 1 rings (SSSR count). The lowest BCUT2D eigenvalue weighted by Gasteiger charge is -2.34. The van der Waals surface area contributed by atoms with Crippen molar-refractivity contribution in [3.63, 3.8) is 0 Å². The Morgan fingerprint density at radius 1 is 1.17 bits per heavy atom. The van der Waals surface area contributed by atoms with Gasteiger partial charge in [-0.3, -0.25) is 5.32 Å². The minimum absolute atomic E-state index is 0.291. The molecular weight excluding hydrogens is 222 g/mol. The van der Waals surface area contributed by atoms with Crippen LogP contribution in [0.4, 0.5) is 0 Å². The minimum Gasteiger partial charge on any atom is -0.300 e. The first kappa shape index (κ1) is 15.5. The number of hydrogen-bond acceptors (Lipinski definition) is 3. The Balaban J connectivity index is 2.66. The summed E-state index contributed by atoms with van der Waals surface area (Å²) in [5, 5.41) is 13.2. The summed E-state index contributed by atoms with van der Waals surface area (Å²) in [6.45, 7) is 10.7. The highest BCUT2D eigenvalue weighted by atomic mass is 15.2. The number of nitrogens with zero attached hydrogens (tertiary/aromatic N) is 2. The van der Waals surface area contributed by atoms with Crippen LogP contribution in [0.25, 0.3) is 0 Å². The number of nitrogens with one attached hydrogen (secondary N) is 1. The third kappa shape index (κ3) is 4.26. The molecule has 0 spiro atoms. The van der Waals surface area contributed by atoms with Crippen LogP contribution in [0.15, 0.2) is 0 Å². The van der Waals surface area contributed by atoms with Crippen LogP contribution in [0, 0.1) is 17.2 Å². The third-order valence-corrected chi connectivity index (χ3v) is 3.72. The number of nitriles is 1. The largest absolute Gasteiger partial charge is 0.300 e. The van der Waals surface area contributed by atoms with Gasteiger partial charge in [0.25, 0.3) is 0 Å². The maximum absolute atomic E-state index is 9.66. The molecule has 0 radical (unpaired) electrons. The summed E-state index contributed by atoms with van der Waals surface area (Å²) in [6.07, 6.45) is 5.87. The standard InChI is InChI=1S/C15H29N3/c1-4-9-17-15(12-16,14-7-8-14)13-18(10-5-2)11-6-3/h14,17H,4-11,13H2,1-3H3. The summed E-state index contributed by atoms with van der Waals surface area (Å²) in [7, 11) is 0. The zero-order valence-electron chi connectivity index (χ0n) is 12.3. The van der Waals surface area contributed by atoms with Crippen molar-refractivity contribution in [3.8, 4) is 6.07 Å². The molecule has 1 N–H and O–H groups in total. The Labute approximate surface area is 113 Å². The van der Waals surface area contributed by atoms with E-state index in [2.05, 4.69) is 37.1 Å². The van der Waals surface area contributed by atoms with Gasteiger partial charge in [0.05, 0.1) is 6.07 Å². The zero-order chi connectivity index (χ0) is 13.4. The van der Waals surface area contributed by atoms with E-state index in [4.69, 9.17) is 0 Å². The van der Waals surface area contributed by atoms with Crippen LogP contribution in [0.2, 0.25) is 0 Å². The van der Waals surface area contributed by atoms with Crippen LogP contribution < -0.4 is 5.32 Å². The maximum atomic E-state index is 9.66. The fraction of sp³-hybridized carbons (Fsp3) is 0.933. The van der Waals surface area contributed by atoms with Crippen molar-refractivity contribution in [3.05, 3.63) is 0 Å². The Morgan fingerprint density at radius 2 is 1.78 bits per heavy atom. The molecule has 0 aromatic rings. The van der Waals surface area contributed by atoms with E-state index in [-0.39, 0.29) is 5.54 Å². The molecule has 1 unspecified atom stereocenters. The third-order valence-electron chi connectivity index (χ3n) is 3.72. The van der Waals surface area contributed by atoms with Gasteiger partial charge in [-0.1, -0.05) is 20.8 Å². The molecule has 3 heteroatoms. The van der Waals surface area contributed by atoms with Crippen LogP contribution in [0.3, 0.4) is 0 Å². The van der Waals surface area contributed by atoms with Gasteiger partial charge in [0.15, 0.2) is 0 Å². The monoisotopic (exact) mass is 251 g/mol. The van der Waals surface area contributed by atoms with Crippen molar-refractivity contribution in [2.75, 3.05) is 26.2 Å². The second-order valence-corrected chi connectivity index (χ2v) is 5.56. The van der Waals surface area contributed by atoms with E-state index in [1.807, 2.05) is 0 Å². The van der Waals surface area contributed by atoms with E-state index < -0.39 is 0 Å². The highest BCUT2D eigenvalue weighted by Crippen LogP contribution is 2.40. The molecule has 0 saturated heterocycles. The fourth-order valence-electron chi connectivity index (χ4n) is 2.67. The topological polar surface area (TPSA) is 39.1 Å². The lowest BCUT2D eigenvalue weighted by atomic mass is 9.93. The van der Waals surface area contributed by atoms with Gasteiger partial charge in [0.2, 0.25) is 0 Å². The van der Waals surface area contributed by atoms with Crippen molar-refractivity contribution in [2.45, 2.75) is 58.4 Å². The van der Waals surface area contributed by atoms with Gasteiger partial charge in [-0.15, -0.1) is 0 Å². The summed E-state index contributed by atoms with van der Waals surface area (Å²) in [5.74, 6) is 0.574. The predicted molar refractivity (Wildman–Crippen MR) is 76.4 cm³/mol. The summed E-state index contributed by atoms with van der Waals surface area (Å²) < 4.78 is 0. The summed E-state index contributed by atoms with van der Waals surface area (Å²) in [5.41, 5.74) is -0.291. The van der Waals surface area contributed by atoms with Gasteiger partial charge in [-0.2, -0.15) is 5.26 Å². The average molecular weight is 251 g/mol. The first-order chi connectivity index (χ1) is 8.72. The van der Waals surface area contributed by atoms with Crippen LogP contribution >= 0.6 is 0 Å². The lowest BCUT2D eigenvalue weighted by molar-refractivity contribution is 0.195. The lowest BCUT2D eigenvalue weighted by Crippen LogP contribution is -2.55. The van der Waals surface area contributed by atoms with Crippen molar-refractivity contribution >= 4 is 0 Å². The molecule has 1 atom stereocenters. The van der Waals surface area contributed by atoms with E-state index in [0.29, 0.717) is 5.92 Å². The molecule has 0 bridgehead atoms. The molecule has 0 aromatic heterocycles. The number of rotatable bonds is 10. The Hall–Kier alpha value is -0.590. The second-order valence-electron chi connectivity index (χ2n) is 5.56. The van der Waals surface area contributed by atoms with Gasteiger partial charge in [-0.25, -0.2) is 0 Å². The second kappa shape index (κ2) is 7.76.